The lowest BCUT2D eigenvalue weighted by atomic mass is 10.0. The second-order valence-corrected chi connectivity index (χ2v) is 6.96. The lowest BCUT2D eigenvalue weighted by Crippen LogP contribution is -2.38. The summed E-state index contributed by atoms with van der Waals surface area (Å²) in [5.74, 6) is 2.05. The van der Waals surface area contributed by atoms with Crippen LogP contribution in [0.25, 0.3) is 0 Å². The van der Waals surface area contributed by atoms with Gasteiger partial charge in [0.2, 0.25) is 0 Å². The number of aryl methyl sites for hydroxylation is 1. The summed E-state index contributed by atoms with van der Waals surface area (Å²) in [6.07, 6.45) is 0.900. The van der Waals surface area contributed by atoms with Crippen molar-refractivity contribution in [3.8, 4) is 5.75 Å². The Bertz CT molecular complexity index is 690. The van der Waals surface area contributed by atoms with Crippen LogP contribution in [0, 0.1) is 6.92 Å². The summed E-state index contributed by atoms with van der Waals surface area (Å²) in [7, 11) is 1.71. The summed E-state index contributed by atoms with van der Waals surface area (Å²) in [5.41, 5.74) is 2.32. The number of thiazole rings is 1. The van der Waals surface area contributed by atoms with Gasteiger partial charge in [0.05, 0.1) is 17.8 Å². The average Bonchev–Trinajstić information content (AvgIpc) is 3.04. The number of halogens is 1. The van der Waals surface area contributed by atoms with Gasteiger partial charge in [-0.15, -0.1) is 35.3 Å². The third-order valence-corrected chi connectivity index (χ3v) is 4.70. The number of nitrogens with zero attached hydrogens (tertiary/aromatic N) is 2. The number of hydrogen-bond donors (Lipinski definition) is 2. The summed E-state index contributed by atoms with van der Waals surface area (Å²) >= 11 is 1.69. The minimum atomic E-state index is 0. The van der Waals surface area contributed by atoms with Crippen LogP contribution >= 0.6 is 35.3 Å². The first-order valence-corrected chi connectivity index (χ1v) is 9.58. The van der Waals surface area contributed by atoms with E-state index in [1.54, 1.807) is 18.4 Å². The molecule has 1 unspecified atom stereocenters. The van der Waals surface area contributed by atoms with Gasteiger partial charge in [-0.05, 0) is 25.5 Å². The van der Waals surface area contributed by atoms with Crippen molar-refractivity contribution in [1.82, 2.24) is 15.6 Å². The molecule has 5 nitrogen and oxygen atoms in total. The Hall–Kier alpha value is -1.35. The van der Waals surface area contributed by atoms with Gasteiger partial charge in [0.15, 0.2) is 5.96 Å². The van der Waals surface area contributed by atoms with E-state index in [4.69, 9.17) is 9.73 Å². The van der Waals surface area contributed by atoms with E-state index in [1.165, 1.54) is 5.56 Å². The number of rotatable bonds is 8. The van der Waals surface area contributed by atoms with Gasteiger partial charge in [0.25, 0.3) is 0 Å². The van der Waals surface area contributed by atoms with Crippen molar-refractivity contribution < 1.29 is 4.74 Å². The van der Waals surface area contributed by atoms with Crippen molar-refractivity contribution >= 4 is 41.3 Å². The van der Waals surface area contributed by atoms with Gasteiger partial charge in [-0.3, -0.25) is 4.99 Å². The Labute approximate surface area is 177 Å². The van der Waals surface area contributed by atoms with Crippen molar-refractivity contribution in [2.75, 3.05) is 26.7 Å². The van der Waals surface area contributed by atoms with Gasteiger partial charge < -0.3 is 15.4 Å². The third-order valence-electron chi connectivity index (χ3n) is 3.88. The van der Waals surface area contributed by atoms with Crippen LogP contribution in [0.1, 0.15) is 36.0 Å². The highest BCUT2D eigenvalue weighted by atomic mass is 127. The highest BCUT2D eigenvalue weighted by Crippen LogP contribution is 2.26. The SMILES string of the molecule is CCNC(=NCC(C)c1ccccc1OC)NCCc1csc(C)n1.I. The van der Waals surface area contributed by atoms with E-state index in [1.807, 2.05) is 25.1 Å². The number of nitrogens with one attached hydrogen (secondary N) is 2. The molecular weight excluding hydrogens is 459 g/mol. The Morgan fingerprint density at radius 1 is 1.31 bits per heavy atom. The molecule has 7 heteroatoms. The van der Waals surface area contributed by atoms with Crippen LogP contribution in [-0.2, 0) is 6.42 Å². The average molecular weight is 488 g/mol. The van der Waals surface area contributed by atoms with Crippen molar-refractivity contribution in [2.45, 2.75) is 33.1 Å². The molecule has 144 valence electrons. The first-order valence-electron chi connectivity index (χ1n) is 8.70. The fourth-order valence-electron chi connectivity index (χ4n) is 2.57. The zero-order chi connectivity index (χ0) is 18.1. The molecule has 2 rings (SSSR count). The smallest absolute Gasteiger partial charge is 0.191 e. The van der Waals surface area contributed by atoms with Crippen molar-refractivity contribution in [1.29, 1.82) is 0 Å². The topological polar surface area (TPSA) is 58.5 Å². The van der Waals surface area contributed by atoms with Crippen LogP contribution in [0.5, 0.6) is 5.75 Å². The maximum Gasteiger partial charge on any atom is 0.191 e. The summed E-state index contributed by atoms with van der Waals surface area (Å²) < 4.78 is 5.45. The molecule has 0 radical (unpaired) electrons. The fourth-order valence-corrected chi connectivity index (χ4v) is 3.22. The van der Waals surface area contributed by atoms with Crippen molar-refractivity contribution in [3.63, 3.8) is 0 Å². The quantitative estimate of drug-likeness (QED) is 0.335. The highest BCUT2D eigenvalue weighted by molar-refractivity contribution is 14.0. The zero-order valence-corrected chi connectivity index (χ0v) is 19.1. The predicted octanol–water partition coefficient (Wildman–Crippen LogP) is 3.98. The first-order chi connectivity index (χ1) is 12.1. The molecule has 0 saturated heterocycles. The second-order valence-electron chi connectivity index (χ2n) is 5.90. The van der Waals surface area contributed by atoms with E-state index in [0.717, 1.165) is 41.9 Å². The maximum atomic E-state index is 5.45. The lowest BCUT2D eigenvalue weighted by molar-refractivity contribution is 0.407. The van der Waals surface area contributed by atoms with Crippen molar-refractivity contribution in [3.05, 3.63) is 45.9 Å². The van der Waals surface area contributed by atoms with E-state index in [2.05, 4.69) is 40.9 Å². The molecule has 1 heterocycles. The van der Waals surface area contributed by atoms with Crippen LogP contribution in [0.3, 0.4) is 0 Å². The van der Waals surface area contributed by atoms with Crippen LogP contribution in [0.4, 0.5) is 0 Å². The molecule has 0 saturated carbocycles. The molecule has 2 N–H and O–H groups in total. The normalized spacial score (nSPS) is 12.2. The molecule has 0 aliphatic heterocycles. The van der Waals surface area contributed by atoms with E-state index >= 15 is 0 Å². The van der Waals surface area contributed by atoms with Crippen LogP contribution in [0.2, 0.25) is 0 Å². The van der Waals surface area contributed by atoms with Crippen LogP contribution in [-0.4, -0.2) is 37.7 Å². The molecule has 0 fully saturated rings. The molecule has 0 bridgehead atoms. The largest absolute Gasteiger partial charge is 0.496 e. The van der Waals surface area contributed by atoms with Crippen molar-refractivity contribution in [2.24, 2.45) is 4.99 Å². The third kappa shape index (κ3) is 7.11. The minimum Gasteiger partial charge on any atom is -0.496 e. The van der Waals surface area contributed by atoms with Gasteiger partial charge in [0, 0.05) is 37.4 Å². The minimum absolute atomic E-state index is 0. The lowest BCUT2D eigenvalue weighted by Gasteiger charge is -2.15. The Kier molecular flexibility index (Phi) is 10.6. The monoisotopic (exact) mass is 488 g/mol. The number of methoxy groups -OCH3 is 1. The van der Waals surface area contributed by atoms with E-state index in [9.17, 15) is 0 Å². The van der Waals surface area contributed by atoms with Gasteiger partial charge in [-0.2, -0.15) is 0 Å². The van der Waals surface area contributed by atoms with E-state index in [-0.39, 0.29) is 29.9 Å². The molecule has 0 spiro atoms. The van der Waals surface area contributed by atoms with Gasteiger partial charge in [-0.25, -0.2) is 4.98 Å². The number of aromatic nitrogens is 1. The fraction of sp³-hybridized carbons (Fsp3) is 0.474. The van der Waals surface area contributed by atoms with E-state index in [0.29, 0.717) is 6.54 Å². The zero-order valence-electron chi connectivity index (χ0n) is 15.9. The summed E-state index contributed by atoms with van der Waals surface area (Å²) in [6, 6.07) is 8.13. The highest BCUT2D eigenvalue weighted by Gasteiger charge is 2.10. The molecule has 2 aromatic rings. The Morgan fingerprint density at radius 3 is 2.73 bits per heavy atom. The van der Waals surface area contributed by atoms with E-state index < -0.39 is 0 Å². The van der Waals surface area contributed by atoms with Crippen LogP contribution in [0.15, 0.2) is 34.6 Å². The summed E-state index contributed by atoms with van der Waals surface area (Å²) in [6.45, 7) is 8.63. The Balaban J connectivity index is 0.00000338. The van der Waals surface area contributed by atoms with Gasteiger partial charge in [0.1, 0.15) is 5.75 Å². The molecule has 0 aliphatic rings. The number of benzene rings is 1. The number of ether oxygens (including phenoxy) is 1. The number of para-hydroxylation sites is 1. The second kappa shape index (κ2) is 12.1. The summed E-state index contributed by atoms with van der Waals surface area (Å²) in [4.78, 5) is 9.21. The molecule has 1 aromatic heterocycles. The molecule has 1 atom stereocenters. The molecule has 0 amide bonds. The van der Waals surface area contributed by atoms with Gasteiger partial charge >= 0.3 is 0 Å². The molecule has 0 aliphatic carbocycles. The van der Waals surface area contributed by atoms with Crippen LogP contribution < -0.4 is 15.4 Å². The molecule has 26 heavy (non-hydrogen) atoms. The number of hydrogen-bond acceptors (Lipinski definition) is 4. The standard InChI is InChI=1S/C19H28N4OS.HI/c1-5-20-19(21-11-10-16-13-25-15(3)23-16)22-12-14(2)17-8-6-7-9-18(17)24-4;/h6-9,13-14H,5,10-12H2,1-4H3,(H2,20,21,22);1H. The predicted molar refractivity (Wildman–Crippen MR) is 121 cm³/mol. The Morgan fingerprint density at radius 2 is 2.08 bits per heavy atom. The molecule has 1 aromatic carbocycles. The maximum absolute atomic E-state index is 5.45. The number of guanidine groups is 1. The number of aliphatic imine (C=N–C) groups is 1. The summed E-state index contributed by atoms with van der Waals surface area (Å²) in [5, 5.41) is 9.91. The van der Waals surface area contributed by atoms with Gasteiger partial charge in [-0.1, -0.05) is 25.1 Å². The molecular formula is C19H29IN4OS. The first kappa shape index (κ1) is 22.7.